The number of primary amides is 1. The molecule has 0 saturated carbocycles. The largest absolute Gasteiger partial charge is 0.480 e. The highest BCUT2D eigenvalue weighted by Crippen LogP contribution is 1.99. The minimum absolute atomic E-state index is 0.0297. The van der Waals surface area contributed by atoms with Crippen LogP contribution < -0.4 is 22.1 Å². The molecule has 0 aromatic rings. The zero-order valence-electron chi connectivity index (χ0n) is 11.7. The van der Waals surface area contributed by atoms with Crippen LogP contribution in [-0.4, -0.2) is 64.4 Å². The molecule has 3 atom stereocenters. The van der Waals surface area contributed by atoms with Crippen molar-refractivity contribution in [3.63, 3.8) is 0 Å². The Kier molecular flexibility index (Phi) is 9.13. The molecule has 126 valence electrons. The van der Waals surface area contributed by atoms with Crippen LogP contribution in [0.3, 0.4) is 0 Å². The Labute approximate surface area is 132 Å². The number of hydrogen-bond acceptors (Lipinski definition) is 7. The smallest absolute Gasteiger partial charge is 0.326 e. The van der Waals surface area contributed by atoms with Gasteiger partial charge in [-0.2, -0.15) is 12.6 Å². The van der Waals surface area contributed by atoms with Crippen molar-refractivity contribution in [2.24, 2.45) is 11.5 Å². The van der Waals surface area contributed by atoms with Gasteiger partial charge in [0.1, 0.15) is 12.1 Å². The van der Waals surface area contributed by atoms with E-state index in [1.165, 1.54) is 0 Å². The zero-order chi connectivity index (χ0) is 17.3. The fraction of sp³-hybridized carbons (Fsp3) is 0.636. The van der Waals surface area contributed by atoms with Crippen molar-refractivity contribution >= 4 is 36.3 Å². The van der Waals surface area contributed by atoms with E-state index in [1.54, 1.807) is 0 Å². The predicted octanol–water partition coefficient (Wildman–Crippen LogP) is -3.44. The summed E-state index contributed by atoms with van der Waals surface area (Å²) >= 11 is 3.82. The lowest BCUT2D eigenvalue weighted by atomic mass is 10.1. The monoisotopic (exact) mass is 336 g/mol. The molecule has 0 aliphatic rings. The SMILES string of the molecule is NC(=O)CCC(NC(=O)C(CO)NC(=O)C(N)CS)C(=O)O. The van der Waals surface area contributed by atoms with Crippen LogP contribution >= 0.6 is 12.6 Å². The maximum atomic E-state index is 11.9. The highest BCUT2D eigenvalue weighted by atomic mass is 32.1. The van der Waals surface area contributed by atoms with E-state index in [0.29, 0.717) is 0 Å². The maximum absolute atomic E-state index is 11.9. The van der Waals surface area contributed by atoms with Gasteiger partial charge in [-0.1, -0.05) is 0 Å². The fourth-order valence-electron chi connectivity index (χ4n) is 1.37. The van der Waals surface area contributed by atoms with Crippen LogP contribution in [0.1, 0.15) is 12.8 Å². The second-order valence-corrected chi connectivity index (χ2v) is 4.80. The topological polar surface area (TPSA) is 185 Å². The summed E-state index contributed by atoms with van der Waals surface area (Å²) in [7, 11) is 0. The standard InChI is InChI=1S/C11H20N4O6S/c12-5(4-22)9(18)15-7(3-16)10(19)14-6(11(20)21)1-2-8(13)17/h5-7,16,22H,1-4,12H2,(H2,13,17)(H,14,19)(H,15,18)(H,20,21). The Balaban J connectivity index is 4.70. The Bertz CT molecular complexity index is 433. The Morgan fingerprint density at radius 1 is 1.09 bits per heavy atom. The van der Waals surface area contributed by atoms with E-state index >= 15 is 0 Å². The van der Waals surface area contributed by atoms with Crippen molar-refractivity contribution in [2.45, 2.75) is 31.0 Å². The number of amides is 3. The van der Waals surface area contributed by atoms with Gasteiger partial charge in [-0.3, -0.25) is 14.4 Å². The average Bonchev–Trinajstić information content (AvgIpc) is 2.46. The summed E-state index contributed by atoms with van der Waals surface area (Å²) in [5.41, 5.74) is 10.3. The highest BCUT2D eigenvalue weighted by Gasteiger charge is 2.27. The molecule has 0 spiro atoms. The first-order chi connectivity index (χ1) is 10.2. The number of aliphatic hydroxyl groups is 1. The second kappa shape index (κ2) is 9.97. The number of aliphatic carboxylic acids is 1. The molecule has 0 aliphatic carbocycles. The van der Waals surface area contributed by atoms with E-state index in [2.05, 4.69) is 23.3 Å². The van der Waals surface area contributed by atoms with Crippen LogP contribution in [0.5, 0.6) is 0 Å². The van der Waals surface area contributed by atoms with Crippen LogP contribution in [0.25, 0.3) is 0 Å². The fourth-order valence-corrected chi connectivity index (χ4v) is 1.54. The number of nitrogens with one attached hydrogen (secondary N) is 2. The van der Waals surface area contributed by atoms with Crippen molar-refractivity contribution in [3.8, 4) is 0 Å². The van der Waals surface area contributed by atoms with Gasteiger partial charge in [0.25, 0.3) is 0 Å². The molecule has 0 aromatic carbocycles. The lowest BCUT2D eigenvalue weighted by Crippen LogP contribution is -2.56. The van der Waals surface area contributed by atoms with Gasteiger partial charge < -0.3 is 32.3 Å². The van der Waals surface area contributed by atoms with E-state index in [1.807, 2.05) is 0 Å². The Hall–Kier alpha value is -1.85. The lowest BCUT2D eigenvalue weighted by Gasteiger charge is -2.20. The third-order valence-corrected chi connectivity index (χ3v) is 3.04. The summed E-state index contributed by atoms with van der Waals surface area (Å²) in [6.07, 6.45) is -0.448. The normalized spacial score (nSPS) is 14.5. The second-order valence-electron chi connectivity index (χ2n) is 4.44. The van der Waals surface area contributed by atoms with Gasteiger partial charge in [-0.25, -0.2) is 4.79 Å². The molecule has 0 aromatic heterocycles. The number of aliphatic hydroxyl groups excluding tert-OH is 1. The molecule has 3 unspecified atom stereocenters. The van der Waals surface area contributed by atoms with Crippen LogP contribution in [-0.2, 0) is 19.2 Å². The van der Waals surface area contributed by atoms with Gasteiger partial charge >= 0.3 is 5.97 Å². The van der Waals surface area contributed by atoms with Crippen molar-refractivity contribution in [2.75, 3.05) is 12.4 Å². The molecule has 10 nitrogen and oxygen atoms in total. The van der Waals surface area contributed by atoms with E-state index in [-0.39, 0.29) is 18.6 Å². The summed E-state index contributed by atoms with van der Waals surface area (Å²) in [6.45, 7) is -0.751. The van der Waals surface area contributed by atoms with E-state index < -0.39 is 48.4 Å². The highest BCUT2D eigenvalue weighted by molar-refractivity contribution is 7.80. The number of carboxylic acid groups (broad SMARTS) is 1. The van der Waals surface area contributed by atoms with Crippen LogP contribution in [0, 0.1) is 0 Å². The van der Waals surface area contributed by atoms with Gasteiger partial charge in [0.05, 0.1) is 12.6 Å². The Morgan fingerprint density at radius 3 is 2.05 bits per heavy atom. The average molecular weight is 336 g/mol. The van der Waals surface area contributed by atoms with E-state index in [0.717, 1.165) is 0 Å². The van der Waals surface area contributed by atoms with Crippen molar-refractivity contribution in [1.82, 2.24) is 10.6 Å². The molecule has 0 radical (unpaired) electrons. The van der Waals surface area contributed by atoms with E-state index in [4.69, 9.17) is 21.7 Å². The summed E-state index contributed by atoms with van der Waals surface area (Å²) in [5, 5.41) is 22.3. The Morgan fingerprint density at radius 2 is 1.64 bits per heavy atom. The zero-order valence-corrected chi connectivity index (χ0v) is 12.6. The third-order valence-electron chi connectivity index (χ3n) is 2.64. The van der Waals surface area contributed by atoms with Gasteiger partial charge in [0, 0.05) is 12.2 Å². The molecule has 0 saturated heterocycles. The van der Waals surface area contributed by atoms with Gasteiger partial charge in [0.2, 0.25) is 17.7 Å². The summed E-state index contributed by atoms with van der Waals surface area (Å²) in [6, 6.07) is -3.71. The number of thiol groups is 1. The van der Waals surface area contributed by atoms with Crippen molar-refractivity contribution in [3.05, 3.63) is 0 Å². The van der Waals surface area contributed by atoms with Crippen LogP contribution in [0.4, 0.5) is 0 Å². The molecule has 0 fully saturated rings. The molecule has 0 aliphatic heterocycles. The van der Waals surface area contributed by atoms with Gasteiger partial charge in [-0.05, 0) is 6.42 Å². The van der Waals surface area contributed by atoms with Crippen LogP contribution in [0.15, 0.2) is 0 Å². The molecular formula is C11H20N4O6S. The molecule has 0 rings (SSSR count). The number of hydrogen-bond donors (Lipinski definition) is 7. The van der Waals surface area contributed by atoms with E-state index in [9.17, 15) is 19.2 Å². The predicted molar refractivity (Wildman–Crippen MR) is 78.8 cm³/mol. The summed E-state index contributed by atoms with van der Waals surface area (Å²) < 4.78 is 0. The maximum Gasteiger partial charge on any atom is 0.326 e. The molecular weight excluding hydrogens is 316 g/mol. The lowest BCUT2D eigenvalue weighted by molar-refractivity contribution is -0.142. The molecule has 0 bridgehead atoms. The first-order valence-electron chi connectivity index (χ1n) is 6.32. The number of rotatable bonds is 10. The van der Waals surface area contributed by atoms with Crippen molar-refractivity contribution in [1.29, 1.82) is 0 Å². The minimum atomic E-state index is -1.37. The number of carbonyl (C=O) groups excluding carboxylic acids is 3. The quantitative estimate of drug-likeness (QED) is 0.202. The first-order valence-corrected chi connectivity index (χ1v) is 6.95. The minimum Gasteiger partial charge on any atom is -0.480 e. The molecule has 8 N–H and O–H groups in total. The number of nitrogens with two attached hydrogens (primary N) is 2. The number of carboxylic acids is 1. The van der Waals surface area contributed by atoms with Gasteiger partial charge in [-0.15, -0.1) is 0 Å². The number of carbonyl (C=O) groups is 4. The summed E-state index contributed by atoms with van der Waals surface area (Å²) in [5.74, 6) is -3.69. The molecule has 11 heteroatoms. The van der Waals surface area contributed by atoms with Gasteiger partial charge in [0.15, 0.2) is 0 Å². The van der Waals surface area contributed by atoms with Crippen LogP contribution in [0.2, 0.25) is 0 Å². The molecule has 3 amide bonds. The third kappa shape index (κ3) is 7.24. The molecule has 22 heavy (non-hydrogen) atoms. The molecule has 0 heterocycles. The summed E-state index contributed by atoms with van der Waals surface area (Å²) in [4.78, 5) is 45.0. The first kappa shape index (κ1) is 20.1. The van der Waals surface area contributed by atoms with Crippen molar-refractivity contribution < 1.29 is 29.4 Å².